The smallest absolute Gasteiger partial charge is 0.220 e. The Bertz CT molecular complexity index is 305. The lowest BCUT2D eigenvalue weighted by molar-refractivity contribution is -0.119. The first-order valence-corrected chi connectivity index (χ1v) is 4.04. The molecule has 0 saturated carbocycles. The molecule has 1 aromatic rings. The minimum Gasteiger partial charge on any atom is -0.355 e. The summed E-state index contributed by atoms with van der Waals surface area (Å²) >= 11 is 0. The van der Waals surface area contributed by atoms with Crippen LogP contribution in [-0.2, 0) is 4.79 Å². The number of hydrogen-bond donors (Lipinski definition) is 2. The van der Waals surface area contributed by atoms with Gasteiger partial charge in [-0.1, -0.05) is 0 Å². The Labute approximate surface area is 70.4 Å². The molecule has 0 spiro atoms. The third-order valence-corrected chi connectivity index (χ3v) is 2.23. The minimum absolute atomic E-state index is 0.127. The summed E-state index contributed by atoms with van der Waals surface area (Å²) in [5, 5.41) is 2.79. The predicted molar refractivity (Wildman–Crippen MR) is 43.7 cm³/mol. The fourth-order valence-electron chi connectivity index (χ4n) is 1.58. The van der Waals surface area contributed by atoms with E-state index in [0.29, 0.717) is 6.42 Å². The number of carbonyl (C=O) groups excluding carboxylic acids is 1. The molecule has 4 nitrogen and oxygen atoms in total. The van der Waals surface area contributed by atoms with Crippen LogP contribution in [0, 0.1) is 6.92 Å². The van der Waals surface area contributed by atoms with Gasteiger partial charge in [0.1, 0.15) is 0 Å². The number of nitrogens with one attached hydrogen (secondary N) is 2. The van der Waals surface area contributed by atoms with E-state index < -0.39 is 0 Å². The van der Waals surface area contributed by atoms with E-state index >= 15 is 0 Å². The summed E-state index contributed by atoms with van der Waals surface area (Å²) in [6, 6.07) is 0. The van der Waals surface area contributed by atoms with Crippen molar-refractivity contribution in [3.63, 3.8) is 0 Å². The van der Waals surface area contributed by atoms with Gasteiger partial charge >= 0.3 is 0 Å². The lowest BCUT2D eigenvalue weighted by Gasteiger charge is -2.03. The molecule has 2 N–H and O–H groups in total. The van der Waals surface area contributed by atoms with E-state index in [1.807, 2.05) is 6.92 Å². The molecule has 0 bridgehead atoms. The summed E-state index contributed by atoms with van der Waals surface area (Å²) in [5.74, 6) is 0.395. The zero-order valence-electron chi connectivity index (χ0n) is 6.92. The third-order valence-electron chi connectivity index (χ3n) is 2.23. The molecule has 1 amide bonds. The third kappa shape index (κ3) is 1.09. The van der Waals surface area contributed by atoms with E-state index in [2.05, 4.69) is 15.3 Å². The van der Waals surface area contributed by atoms with Crippen molar-refractivity contribution in [2.75, 3.05) is 6.54 Å². The zero-order chi connectivity index (χ0) is 8.55. The normalized spacial score (nSPS) is 22.8. The lowest BCUT2D eigenvalue weighted by Crippen LogP contribution is -2.13. The second kappa shape index (κ2) is 2.62. The van der Waals surface area contributed by atoms with Crippen molar-refractivity contribution < 1.29 is 4.79 Å². The average Bonchev–Trinajstić information content (AvgIpc) is 2.58. The molecule has 1 fully saturated rings. The van der Waals surface area contributed by atoms with E-state index in [-0.39, 0.29) is 11.8 Å². The van der Waals surface area contributed by atoms with Crippen LogP contribution in [0.5, 0.6) is 0 Å². The number of imidazole rings is 1. The van der Waals surface area contributed by atoms with Gasteiger partial charge in [0.05, 0.1) is 12.0 Å². The molecule has 1 unspecified atom stereocenters. The van der Waals surface area contributed by atoms with Gasteiger partial charge in [-0.3, -0.25) is 4.79 Å². The van der Waals surface area contributed by atoms with E-state index in [1.165, 1.54) is 0 Å². The van der Waals surface area contributed by atoms with Crippen LogP contribution in [0.25, 0.3) is 0 Å². The second-order valence-corrected chi connectivity index (χ2v) is 3.12. The molecule has 0 aliphatic carbocycles. The predicted octanol–water partition coefficient (Wildman–Crippen LogP) is 0.322. The van der Waals surface area contributed by atoms with E-state index in [9.17, 15) is 4.79 Å². The van der Waals surface area contributed by atoms with Gasteiger partial charge in [-0.15, -0.1) is 0 Å². The topological polar surface area (TPSA) is 57.8 Å². The van der Waals surface area contributed by atoms with Gasteiger partial charge < -0.3 is 10.3 Å². The molecule has 64 valence electrons. The monoisotopic (exact) mass is 165 g/mol. The Hall–Kier alpha value is -1.32. The van der Waals surface area contributed by atoms with Crippen LogP contribution < -0.4 is 5.32 Å². The van der Waals surface area contributed by atoms with E-state index in [0.717, 1.165) is 17.9 Å². The van der Waals surface area contributed by atoms with Crippen molar-refractivity contribution in [3.05, 3.63) is 17.7 Å². The van der Waals surface area contributed by atoms with Crippen molar-refractivity contribution in [2.24, 2.45) is 0 Å². The highest BCUT2D eigenvalue weighted by atomic mass is 16.1. The Kier molecular flexibility index (Phi) is 1.60. The van der Waals surface area contributed by atoms with E-state index in [1.54, 1.807) is 6.33 Å². The summed E-state index contributed by atoms with van der Waals surface area (Å²) in [7, 11) is 0. The van der Waals surface area contributed by atoms with Gasteiger partial charge in [0.2, 0.25) is 5.91 Å². The molecule has 4 heteroatoms. The summed E-state index contributed by atoms with van der Waals surface area (Å²) in [6.07, 6.45) is 2.25. The number of aromatic nitrogens is 2. The standard InChI is InChI=1S/C8H11N3O/c1-5-8(11-4-10-5)6-2-7(12)9-3-6/h4,6H,2-3H2,1H3,(H,9,12)(H,10,11). The Morgan fingerprint density at radius 2 is 2.50 bits per heavy atom. The van der Waals surface area contributed by atoms with Gasteiger partial charge in [0, 0.05) is 24.6 Å². The number of aryl methyl sites for hydroxylation is 1. The number of rotatable bonds is 1. The summed E-state index contributed by atoms with van der Waals surface area (Å²) in [6.45, 7) is 2.70. The largest absolute Gasteiger partial charge is 0.355 e. The molecule has 1 saturated heterocycles. The molecular formula is C8H11N3O. The van der Waals surface area contributed by atoms with Crippen LogP contribution in [0.1, 0.15) is 23.7 Å². The maximum Gasteiger partial charge on any atom is 0.220 e. The highest BCUT2D eigenvalue weighted by Gasteiger charge is 2.25. The highest BCUT2D eigenvalue weighted by Crippen LogP contribution is 2.22. The number of hydrogen-bond acceptors (Lipinski definition) is 2. The molecule has 0 aromatic carbocycles. The van der Waals surface area contributed by atoms with Gasteiger partial charge in [0.15, 0.2) is 0 Å². The van der Waals surface area contributed by atoms with Crippen LogP contribution >= 0.6 is 0 Å². The fraction of sp³-hybridized carbons (Fsp3) is 0.500. The molecule has 1 aliphatic heterocycles. The minimum atomic E-state index is 0.127. The van der Waals surface area contributed by atoms with Crippen molar-refractivity contribution >= 4 is 5.91 Å². The van der Waals surface area contributed by atoms with Gasteiger partial charge in [-0.25, -0.2) is 4.98 Å². The van der Waals surface area contributed by atoms with Crippen LogP contribution in [0.2, 0.25) is 0 Å². The Morgan fingerprint density at radius 3 is 3.00 bits per heavy atom. The van der Waals surface area contributed by atoms with Crippen LogP contribution in [0.15, 0.2) is 6.33 Å². The number of nitrogens with zero attached hydrogens (tertiary/aromatic N) is 1. The van der Waals surface area contributed by atoms with Crippen molar-refractivity contribution in [2.45, 2.75) is 19.3 Å². The molecule has 12 heavy (non-hydrogen) atoms. The van der Waals surface area contributed by atoms with Crippen LogP contribution in [0.3, 0.4) is 0 Å². The summed E-state index contributed by atoms with van der Waals surface area (Å²) in [4.78, 5) is 18.1. The van der Waals surface area contributed by atoms with Crippen molar-refractivity contribution in [1.82, 2.24) is 15.3 Å². The Morgan fingerprint density at radius 1 is 1.67 bits per heavy atom. The molecule has 1 atom stereocenters. The number of carbonyl (C=O) groups is 1. The fourth-order valence-corrected chi connectivity index (χ4v) is 1.58. The quantitative estimate of drug-likeness (QED) is 0.629. The molecule has 2 rings (SSSR count). The molecule has 0 radical (unpaired) electrons. The van der Waals surface area contributed by atoms with Gasteiger partial charge in [-0.05, 0) is 6.92 Å². The maximum atomic E-state index is 10.9. The average molecular weight is 165 g/mol. The van der Waals surface area contributed by atoms with Crippen LogP contribution in [-0.4, -0.2) is 22.4 Å². The van der Waals surface area contributed by atoms with Crippen molar-refractivity contribution in [1.29, 1.82) is 0 Å². The number of aromatic amines is 1. The van der Waals surface area contributed by atoms with Crippen molar-refractivity contribution in [3.8, 4) is 0 Å². The summed E-state index contributed by atoms with van der Waals surface area (Å²) < 4.78 is 0. The van der Waals surface area contributed by atoms with E-state index in [4.69, 9.17) is 0 Å². The lowest BCUT2D eigenvalue weighted by atomic mass is 10.0. The molecular weight excluding hydrogens is 154 g/mol. The number of H-pyrrole nitrogens is 1. The first-order chi connectivity index (χ1) is 5.77. The molecule has 2 heterocycles. The summed E-state index contributed by atoms with van der Waals surface area (Å²) in [5.41, 5.74) is 2.09. The highest BCUT2D eigenvalue weighted by molar-refractivity contribution is 5.79. The molecule has 1 aliphatic rings. The zero-order valence-corrected chi connectivity index (χ0v) is 6.92. The first kappa shape index (κ1) is 7.34. The number of amides is 1. The first-order valence-electron chi connectivity index (χ1n) is 4.04. The second-order valence-electron chi connectivity index (χ2n) is 3.12. The Balaban J connectivity index is 2.21. The maximum absolute atomic E-state index is 10.9. The molecule has 1 aromatic heterocycles. The van der Waals surface area contributed by atoms with Gasteiger partial charge in [0.25, 0.3) is 0 Å². The van der Waals surface area contributed by atoms with Gasteiger partial charge in [-0.2, -0.15) is 0 Å². The van der Waals surface area contributed by atoms with Crippen LogP contribution in [0.4, 0.5) is 0 Å². The SMILES string of the molecule is Cc1[nH]cnc1C1CNC(=O)C1.